The molecule has 0 saturated carbocycles. The monoisotopic (exact) mass is 314 g/mol. The third-order valence-electron chi connectivity index (χ3n) is 3.45. The van der Waals surface area contributed by atoms with Crippen LogP contribution in [0.4, 0.5) is 0 Å². The highest BCUT2D eigenvalue weighted by molar-refractivity contribution is 7.89. The van der Waals surface area contributed by atoms with Gasteiger partial charge in [0.15, 0.2) is 0 Å². The highest BCUT2D eigenvalue weighted by Gasteiger charge is 2.18. The lowest BCUT2D eigenvalue weighted by molar-refractivity contribution is 0.0320. The van der Waals surface area contributed by atoms with E-state index in [-0.39, 0.29) is 4.90 Å². The summed E-state index contributed by atoms with van der Waals surface area (Å²) >= 11 is 0. The van der Waals surface area contributed by atoms with E-state index in [4.69, 9.17) is 14.6 Å². The van der Waals surface area contributed by atoms with Crippen molar-refractivity contribution in [3.05, 3.63) is 23.3 Å². The molecule has 1 aliphatic heterocycles. The molecule has 21 heavy (non-hydrogen) atoms. The molecule has 1 fully saturated rings. The number of aryl methyl sites for hydroxylation is 2. The van der Waals surface area contributed by atoms with Crippen molar-refractivity contribution >= 4 is 10.0 Å². The molecule has 2 N–H and O–H groups in total. The van der Waals surface area contributed by atoms with Crippen molar-refractivity contribution in [3.8, 4) is 5.75 Å². The predicted molar refractivity (Wildman–Crippen MR) is 80.0 cm³/mol. The van der Waals surface area contributed by atoms with Crippen LogP contribution in [0, 0.1) is 13.8 Å². The van der Waals surface area contributed by atoms with Crippen molar-refractivity contribution in [2.45, 2.75) is 18.7 Å². The van der Waals surface area contributed by atoms with E-state index in [1.54, 1.807) is 6.07 Å². The minimum Gasteiger partial charge on any atom is -0.491 e. The first-order valence-electron chi connectivity index (χ1n) is 6.95. The van der Waals surface area contributed by atoms with E-state index in [9.17, 15) is 8.42 Å². The van der Waals surface area contributed by atoms with E-state index >= 15 is 0 Å². The van der Waals surface area contributed by atoms with Gasteiger partial charge < -0.3 is 9.47 Å². The molecule has 7 heteroatoms. The molecule has 1 aromatic carbocycles. The van der Waals surface area contributed by atoms with E-state index in [1.807, 2.05) is 19.9 Å². The third kappa shape index (κ3) is 4.41. The lowest BCUT2D eigenvalue weighted by atomic mass is 10.1. The number of ether oxygens (including phenoxy) is 2. The van der Waals surface area contributed by atoms with Crippen LogP contribution in [0.2, 0.25) is 0 Å². The number of nitrogens with two attached hydrogens (primary N) is 1. The molecule has 0 radical (unpaired) electrons. The first kappa shape index (κ1) is 16.2. The molecular formula is C14H22N2O4S. The Balaban J connectivity index is 2.08. The Labute approximate surface area is 125 Å². The Kier molecular flexibility index (Phi) is 5.21. The van der Waals surface area contributed by atoms with Crippen LogP contribution in [0.25, 0.3) is 0 Å². The molecule has 0 aliphatic carbocycles. The van der Waals surface area contributed by atoms with Gasteiger partial charge in [0.1, 0.15) is 17.3 Å². The number of rotatable bonds is 5. The highest BCUT2D eigenvalue weighted by atomic mass is 32.2. The zero-order valence-corrected chi connectivity index (χ0v) is 13.3. The number of hydrogen-bond acceptors (Lipinski definition) is 5. The maximum Gasteiger partial charge on any atom is 0.241 e. The SMILES string of the molecule is Cc1cc(C)c(OCCN2CCOCC2)c(S(N)(=O)=O)c1. The van der Waals surface area contributed by atoms with Crippen molar-refractivity contribution in [3.63, 3.8) is 0 Å². The summed E-state index contributed by atoms with van der Waals surface area (Å²) in [5.74, 6) is 0.358. The fourth-order valence-corrected chi connectivity index (χ4v) is 3.24. The number of sulfonamides is 1. The zero-order valence-electron chi connectivity index (χ0n) is 12.5. The molecule has 6 nitrogen and oxygen atoms in total. The topological polar surface area (TPSA) is 81.9 Å². The van der Waals surface area contributed by atoms with Gasteiger partial charge in [-0.2, -0.15) is 0 Å². The summed E-state index contributed by atoms with van der Waals surface area (Å²) in [6.07, 6.45) is 0. The third-order valence-corrected chi connectivity index (χ3v) is 4.37. The Hall–Kier alpha value is -1.15. The molecule has 1 saturated heterocycles. The molecule has 0 atom stereocenters. The largest absolute Gasteiger partial charge is 0.491 e. The van der Waals surface area contributed by atoms with E-state index in [0.29, 0.717) is 12.4 Å². The number of primary sulfonamides is 1. The number of hydrogen-bond donors (Lipinski definition) is 1. The molecule has 1 aromatic rings. The van der Waals surface area contributed by atoms with E-state index < -0.39 is 10.0 Å². The summed E-state index contributed by atoms with van der Waals surface area (Å²) < 4.78 is 34.4. The van der Waals surface area contributed by atoms with Gasteiger partial charge in [-0.3, -0.25) is 4.90 Å². The number of benzene rings is 1. The summed E-state index contributed by atoms with van der Waals surface area (Å²) in [5.41, 5.74) is 1.62. The first-order valence-corrected chi connectivity index (χ1v) is 8.49. The summed E-state index contributed by atoms with van der Waals surface area (Å²) in [6, 6.07) is 3.44. The molecule has 1 aliphatic rings. The maximum atomic E-state index is 11.7. The summed E-state index contributed by atoms with van der Waals surface area (Å²) in [5, 5.41) is 5.28. The molecule has 0 aromatic heterocycles. The predicted octanol–water partition coefficient (Wildman–Crippen LogP) is 0.662. The summed E-state index contributed by atoms with van der Waals surface area (Å²) in [7, 11) is -3.79. The van der Waals surface area contributed by atoms with Crippen molar-refractivity contribution < 1.29 is 17.9 Å². The van der Waals surface area contributed by atoms with Gasteiger partial charge >= 0.3 is 0 Å². The Morgan fingerprint density at radius 2 is 1.95 bits per heavy atom. The Morgan fingerprint density at radius 1 is 1.29 bits per heavy atom. The molecule has 0 spiro atoms. The molecule has 0 amide bonds. The van der Waals surface area contributed by atoms with Gasteiger partial charge in [0.05, 0.1) is 13.2 Å². The van der Waals surface area contributed by atoms with Gasteiger partial charge in [0.25, 0.3) is 0 Å². The molecule has 2 rings (SSSR count). The standard InChI is InChI=1S/C14H22N2O4S/c1-11-9-12(2)14(13(10-11)21(15,17)18)20-8-5-16-3-6-19-7-4-16/h9-10H,3-8H2,1-2H3,(H2,15,17,18). The molecule has 0 unspecified atom stereocenters. The van der Waals surface area contributed by atoms with E-state index in [1.165, 1.54) is 0 Å². The van der Waals surface area contributed by atoms with E-state index in [2.05, 4.69) is 4.90 Å². The highest BCUT2D eigenvalue weighted by Crippen LogP contribution is 2.28. The van der Waals surface area contributed by atoms with Crippen molar-refractivity contribution in [2.24, 2.45) is 5.14 Å². The minimum absolute atomic E-state index is 0.0574. The first-order chi connectivity index (χ1) is 9.88. The van der Waals surface area contributed by atoms with Crippen LogP contribution in [-0.4, -0.2) is 52.8 Å². The summed E-state index contributed by atoms with van der Waals surface area (Å²) in [6.45, 7) is 8.02. The van der Waals surface area contributed by atoms with Crippen molar-refractivity contribution in [2.75, 3.05) is 39.5 Å². The number of morpholine rings is 1. The second kappa shape index (κ2) is 6.74. The number of nitrogens with zero attached hydrogens (tertiary/aromatic N) is 1. The van der Waals surface area contributed by atoms with Gasteiger partial charge in [-0.05, 0) is 31.0 Å². The van der Waals surface area contributed by atoms with Crippen LogP contribution >= 0.6 is 0 Å². The van der Waals surface area contributed by atoms with Crippen molar-refractivity contribution in [1.29, 1.82) is 0 Å². The molecule has 118 valence electrons. The fourth-order valence-electron chi connectivity index (χ4n) is 2.41. The second-order valence-corrected chi connectivity index (χ2v) is 6.79. The minimum atomic E-state index is -3.79. The zero-order chi connectivity index (χ0) is 15.5. The van der Waals surface area contributed by atoms with Gasteiger partial charge in [0.2, 0.25) is 10.0 Å². The van der Waals surface area contributed by atoms with E-state index in [0.717, 1.165) is 44.0 Å². The Bertz CT molecular complexity index is 595. The van der Waals surface area contributed by atoms with Crippen LogP contribution in [0.15, 0.2) is 17.0 Å². The lowest BCUT2D eigenvalue weighted by Crippen LogP contribution is -2.38. The Morgan fingerprint density at radius 3 is 2.57 bits per heavy atom. The lowest BCUT2D eigenvalue weighted by Gasteiger charge is -2.26. The molecule has 1 heterocycles. The van der Waals surface area contributed by atoms with Gasteiger partial charge in [-0.25, -0.2) is 13.6 Å². The average Bonchev–Trinajstić information content (AvgIpc) is 2.41. The van der Waals surface area contributed by atoms with Crippen LogP contribution < -0.4 is 9.88 Å². The van der Waals surface area contributed by atoms with Crippen LogP contribution in [0.3, 0.4) is 0 Å². The quantitative estimate of drug-likeness (QED) is 0.863. The molecule has 0 bridgehead atoms. The van der Waals surface area contributed by atoms with Crippen molar-refractivity contribution in [1.82, 2.24) is 4.90 Å². The summed E-state index contributed by atoms with van der Waals surface area (Å²) in [4.78, 5) is 2.28. The second-order valence-electron chi connectivity index (χ2n) is 5.26. The normalized spacial score (nSPS) is 16.9. The van der Waals surface area contributed by atoms with Gasteiger partial charge in [-0.15, -0.1) is 0 Å². The average molecular weight is 314 g/mol. The molecular weight excluding hydrogens is 292 g/mol. The van der Waals surface area contributed by atoms with Gasteiger partial charge in [-0.1, -0.05) is 6.07 Å². The fraction of sp³-hybridized carbons (Fsp3) is 0.571. The van der Waals surface area contributed by atoms with Crippen LogP contribution in [0.5, 0.6) is 5.75 Å². The maximum absolute atomic E-state index is 11.7. The van der Waals surface area contributed by atoms with Crippen LogP contribution in [-0.2, 0) is 14.8 Å². The van der Waals surface area contributed by atoms with Gasteiger partial charge in [0, 0.05) is 19.6 Å². The smallest absolute Gasteiger partial charge is 0.241 e. The van der Waals surface area contributed by atoms with Crippen LogP contribution in [0.1, 0.15) is 11.1 Å².